The fraction of sp³-hybridized carbons (Fsp3) is 0.457. The standard InChI is InChI=1S/C35H38N4O4/c1-38(30(41)19-23-6-5-9-26(18-23)37-36-25-7-3-2-4-8-25)27-14-15-35(42)29-20-24-12-13-28(40)32-31(24)34(35,33(27)43-32)16-17-39(29)21-22-10-11-22/h2-9,12-13,18,22,27,29,33,40,42H,10-11,14-17,19-21H2,1H3/t27-,29-,33+,34+,35-/m1/s1. The molecule has 222 valence electrons. The van der Waals surface area contributed by atoms with Gasteiger partial charge in [-0.2, -0.15) is 10.2 Å². The van der Waals surface area contributed by atoms with Crippen LogP contribution in [0.25, 0.3) is 0 Å². The quantitative estimate of drug-likeness (QED) is 0.364. The fourth-order valence-electron chi connectivity index (χ4n) is 8.67. The van der Waals surface area contributed by atoms with Gasteiger partial charge in [0.25, 0.3) is 0 Å². The average Bonchev–Trinajstić information content (AvgIpc) is 3.76. The van der Waals surface area contributed by atoms with Gasteiger partial charge in [0.1, 0.15) is 6.10 Å². The summed E-state index contributed by atoms with van der Waals surface area (Å²) < 4.78 is 6.68. The number of azo groups is 1. The Labute approximate surface area is 252 Å². The number of phenolic OH excluding ortho intramolecular Hbond substituents is 1. The Morgan fingerprint density at radius 1 is 1.02 bits per heavy atom. The highest BCUT2D eigenvalue weighted by Gasteiger charge is 2.73. The number of phenols is 1. The number of hydrogen-bond acceptors (Lipinski definition) is 7. The van der Waals surface area contributed by atoms with Crippen molar-refractivity contribution in [3.63, 3.8) is 0 Å². The van der Waals surface area contributed by atoms with Crippen molar-refractivity contribution in [1.29, 1.82) is 0 Å². The number of carbonyl (C=O) groups excluding carboxylic acids is 1. The number of nitrogens with zero attached hydrogens (tertiary/aromatic N) is 4. The van der Waals surface area contributed by atoms with Crippen LogP contribution in [0, 0.1) is 5.92 Å². The van der Waals surface area contributed by atoms with E-state index in [0.29, 0.717) is 24.3 Å². The van der Waals surface area contributed by atoms with E-state index >= 15 is 0 Å². The molecule has 2 bridgehead atoms. The number of likely N-dealkylation sites (tertiary alicyclic amines) is 1. The molecule has 0 unspecified atom stereocenters. The summed E-state index contributed by atoms with van der Waals surface area (Å²) in [5.74, 6) is 1.37. The van der Waals surface area contributed by atoms with Gasteiger partial charge in [-0.3, -0.25) is 9.69 Å². The van der Waals surface area contributed by atoms with E-state index in [1.54, 1.807) is 6.07 Å². The van der Waals surface area contributed by atoms with Crippen LogP contribution in [0.4, 0.5) is 11.4 Å². The first-order valence-corrected chi connectivity index (χ1v) is 15.7. The predicted molar refractivity (Wildman–Crippen MR) is 162 cm³/mol. The van der Waals surface area contributed by atoms with E-state index in [-0.39, 0.29) is 30.2 Å². The van der Waals surface area contributed by atoms with Crippen LogP contribution in [0.3, 0.4) is 0 Å². The lowest BCUT2D eigenvalue weighted by molar-refractivity contribution is -0.200. The molecule has 2 heterocycles. The molecule has 43 heavy (non-hydrogen) atoms. The minimum absolute atomic E-state index is 0.00785. The molecule has 2 saturated carbocycles. The van der Waals surface area contributed by atoms with Crippen LogP contribution in [0.2, 0.25) is 0 Å². The molecule has 0 radical (unpaired) electrons. The van der Waals surface area contributed by atoms with Crippen LogP contribution >= 0.6 is 0 Å². The zero-order valence-corrected chi connectivity index (χ0v) is 24.5. The largest absolute Gasteiger partial charge is 0.504 e. The second-order valence-electron chi connectivity index (χ2n) is 13.3. The molecule has 3 aromatic rings. The van der Waals surface area contributed by atoms with Crippen LogP contribution < -0.4 is 4.74 Å². The summed E-state index contributed by atoms with van der Waals surface area (Å²) in [7, 11) is 1.86. The van der Waals surface area contributed by atoms with Crippen molar-refractivity contribution in [2.24, 2.45) is 16.1 Å². The second kappa shape index (κ2) is 9.89. The molecule has 2 aliphatic heterocycles. The summed E-state index contributed by atoms with van der Waals surface area (Å²) in [5.41, 5.74) is 2.89. The van der Waals surface area contributed by atoms with Crippen LogP contribution in [0.5, 0.6) is 11.5 Å². The van der Waals surface area contributed by atoms with E-state index < -0.39 is 17.1 Å². The third kappa shape index (κ3) is 4.14. The van der Waals surface area contributed by atoms with Crippen LogP contribution in [-0.2, 0) is 23.1 Å². The fourth-order valence-corrected chi connectivity index (χ4v) is 8.67. The maximum Gasteiger partial charge on any atom is 0.227 e. The highest BCUT2D eigenvalue weighted by Crippen LogP contribution is 2.66. The average molecular weight is 579 g/mol. The van der Waals surface area contributed by atoms with Gasteiger partial charge in [0, 0.05) is 25.2 Å². The van der Waals surface area contributed by atoms with Crippen molar-refractivity contribution < 1.29 is 19.7 Å². The van der Waals surface area contributed by atoms with Gasteiger partial charge in [0.15, 0.2) is 11.5 Å². The van der Waals surface area contributed by atoms with Crippen molar-refractivity contribution in [1.82, 2.24) is 9.80 Å². The molecule has 1 spiro atoms. The summed E-state index contributed by atoms with van der Waals surface area (Å²) in [6.07, 6.45) is 5.14. The number of rotatable bonds is 7. The topological polar surface area (TPSA) is 98.0 Å². The highest BCUT2D eigenvalue weighted by molar-refractivity contribution is 5.79. The first-order valence-electron chi connectivity index (χ1n) is 15.7. The third-order valence-electron chi connectivity index (χ3n) is 10.9. The predicted octanol–water partition coefficient (Wildman–Crippen LogP) is 5.44. The minimum atomic E-state index is -0.963. The van der Waals surface area contributed by atoms with Gasteiger partial charge in [-0.15, -0.1) is 0 Å². The van der Waals surface area contributed by atoms with Gasteiger partial charge < -0.3 is 19.8 Å². The van der Waals surface area contributed by atoms with Crippen molar-refractivity contribution in [3.05, 3.63) is 83.4 Å². The molecule has 8 nitrogen and oxygen atoms in total. The molecule has 0 aromatic heterocycles. The number of aromatic hydroxyl groups is 1. The van der Waals surface area contributed by atoms with E-state index in [2.05, 4.69) is 15.1 Å². The van der Waals surface area contributed by atoms with E-state index in [1.807, 2.05) is 72.6 Å². The summed E-state index contributed by atoms with van der Waals surface area (Å²) in [5, 5.41) is 32.3. The maximum absolute atomic E-state index is 13.8. The molecule has 2 N–H and O–H groups in total. The number of amides is 1. The summed E-state index contributed by atoms with van der Waals surface area (Å²) in [4.78, 5) is 18.2. The Bertz CT molecular complexity index is 1610. The first kappa shape index (κ1) is 26.8. The third-order valence-corrected chi connectivity index (χ3v) is 10.9. The summed E-state index contributed by atoms with van der Waals surface area (Å²) in [6.45, 7) is 1.94. The van der Waals surface area contributed by atoms with Crippen LogP contribution in [-0.4, -0.2) is 69.8 Å². The molecule has 3 aromatic carbocycles. The van der Waals surface area contributed by atoms with E-state index in [4.69, 9.17) is 4.74 Å². The number of likely N-dealkylation sites (N-methyl/N-ethyl adjacent to an activating group) is 1. The van der Waals surface area contributed by atoms with Crippen LogP contribution in [0.15, 0.2) is 77.0 Å². The Kier molecular flexibility index (Phi) is 6.18. The zero-order chi connectivity index (χ0) is 29.3. The van der Waals surface area contributed by atoms with E-state index in [1.165, 1.54) is 18.4 Å². The van der Waals surface area contributed by atoms with E-state index in [0.717, 1.165) is 48.7 Å². The molecule has 1 amide bonds. The Morgan fingerprint density at radius 2 is 1.81 bits per heavy atom. The second-order valence-corrected chi connectivity index (χ2v) is 13.3. The number of piperidine rings is 1. The molecule has 8 rings (SSSR count). The van der Waals surface area contributed by atoms with Crippen LogP contribution in [0.1, 0.15) is 48.8 Å². The maximum atomic E-state index is 13.8. The van der Waals surface area contributed by atoms with Gasteiger partial charge in [0.2, 0.25) is 5.91 Å². The van der Waals surface area contributed by atoms with Gasteiger partial charge in [-0.05, 0) is 92.4 Å². The lowest BCUT2D eigenvalue weighted by Gasteiger charge is -2.64. The number of carbonyl (C=O) groups is 1. The first-order chi connectivity index (χ1) is 20.9. The molecular weight excluding hydrogens is 540 g/mol. The monoisotopic (exact) mass is 578 g/mol. The van der Waals surface area contributed by atoms with Gasteiger partial charge in [-0.25, -0.2) is 0 Å². The highest BCUT2D eigenvalue weighted by atomic mass is 16.5. The van der Waals surface area contributed by atoms with Crippen molar-refractivity contribution in [2.75, 3.05) is 20.1 Å². The van der Waals surface area contributed by atoms with Gasteiger partial charge in [-0.1, -0.05) is 36.4 Å². The molecule has 1 saturated heterocycles. The lowest BCUT2D eigenvalue weighted by atomic mass is 9.48. The SMILES string of the molecule is CN(C(=O)Cc1cccc(N=Nc2ccccc2)c1)[C@@H]1CC[C@@]2(O)[C@H]3Cc4ccc(O)c5c4[C@@]2(CCN3CC2CC2)[C@H]1O5. The summed E-state index contributed by atoms with van der Waals surface area (Å²) in [6, 6.07) is 20.8. The molecule has 5 aliphatic rings. The Hall–Kier alpha value is -3.75. The minimum Gasteiger partial charge on any atom is -0.504 e. The molecule has 3 fully saturated rings. The lowest BCUT2D eigenvalue weighted by Crippen LogP contribution is -2.78. The Morgan fingerprint density at radius 3 is 2.63 bits per heavy atom. The summed E-state index contributed by atoms with van der Waals surface area (Å²) >= 11 is 0. The normalized spacial score (nSPS) is 30.6. The Balaban J connectivity index is 1.07. The van der Waals surface area contributed by atoms with Crippen molar-refractivity contribution in [3.8, 4) is 11.5 Å². The zero-order valence-electron chi connectivity index (χ0n) is 24.5. The number of aliphatic hydroxyl groups is 1. The molecular formula is C35H38N4O4. The number of hydrogen-bond donors (Lipinski definition) is 2. The molecule has 5 atom stereocenters. The number of ether oxygens (including phenoxy) is 1. The van der Waals surface area contributed by atoms with Crippen molar-refractivity contribution >= 4 is 17.3 Å². The van der Waals surface area contributed by atoms with Gasteiger partial charge in [0.05, 0.1) is 34.9 Å². The molecule has 8 heteroatoms. The van der Waals surface area contributed by atoms with Gasteiger partial charge >= 0.3 is 0 Å². The van der Waals surface area contributed by atoms with E-state index in [9.17, 15) is 15.0 Å². The molecule has 3 aliphatic carbocycles. The van der Waals surface area contributed by atoms with Crippen molar-refractivity contribution in [2.45, 2.75) is 74.1 Å². The number of benzene rings is 3. The smallest absolute Gasteiger partial charge is 0.227 e.